The van der Waals surface area contributed by atoms with Gasteiger partial charge in [-0.25, -0.2) is 0 Å². The lowest BCUT2D eigenvalue weighted by Crippen LogP contribution is -2.31. The molecule has 0 radical (unpaired) electrons. The van der Waals surface area contributed by atoms with E-state index in [4.69, 9.17) is 4.74 Å². The second-order valence-corrected chi connectivity index (χ2v) is 6.86. The summed E-state index contributed by atoms with van der Waals surface area (Å²) in [6.45, 7) is 18.0. The Morgan fingerprint density at radius 3 is 2.06 bits per heavy atom. The highest BCUT2D eigenvalue weighted by molar-refractivity contribution is 5.79. The molecule has 0 aromatic heterocycles. The summed E-state index contributed by atoms with van der Waals surface area (Å²) in [4.78, 5) is 2.07. The summed E-state index contributed by atoms with van der Waals surface area (Å²) in [5, 5.41) is 9.21. The zero-order valence-corrected chi connectivity index (χ0v) is 20.1. The molecule has 168 valence electrons. The van der Waals surface area contributed by atoms with Crippen molar-refractivity contribution < 1.29 is 9.84 Å². The van der Waals surface area contributed by atoms with E-state index in [0.29, 0.717) is 6.54 Å². The van der Waals surface area contributed by atoms with Gasteiger partial charge in [-0.1, -0.05) is 75.4 Å². The number of ether oxygens (including phenoxy) is 1. The molecule has 3 nitrogen and oxygen atoms in total. The molecule has 0 atom stereocenters. The van der Waals surface area contributed by atoms with E-state index in [9.17, 15) is 5.11 Å². The van der Waals surface area contributed by atoms with E-state index in [1.807, 2.05) is 38.1 Å². The van der Waals surface area contributed by atoms with Crippen LogP contribution in [0.15, 0.2) is 61.0 Å². The molecule has 0 aliphatic carbocycles. The molecule has 0 amide bonds. The first-order chi connectivity index (χ1) is 15.0. The number of aryl methyl sites for hydroxylation is 2. The summed E-state index contributed by atoms with van der Waals surface area (Å²) in [5.74, 6) is 1.68. The van der Waals surface area contributed by atoms with Gasteiger partial charge >= 0.3 is 0 Å². The highest BCUT2D eigenvalue weighted by Crippen LogP contribution is 2.37. The van der Waals surface area contributed by atoms with E-state index in [2.05, 4.69) is 76.3 Å². The van der Waals surface area contributed by atoms with Crippen LogP contribution in [0.5, 0.6) is 5.75 Å². The Bertz CT molecular complexity index is 829. The predicted molar refractivity (Wildman–Crippen MR) is 135 cm³/mol. The van der Waals surface area contributed by atoms with Crippen LogP contribution in [0.4, 0.5) is 0 Å². The van der Waals surface area contributed by atoms with Crippen LogP contribution < -0.4 is 4.74 Å². The number of rotatable bonds is 5. The molecule has 0 fully saturated rings. The molecule has 1 aliphatic heterocycles. The predicted octanol–water partition coefficient (Wildman–Crippen LogP) is 6.53. The summed E-state index contributed by atoms with van der Waals surface area (Å²) < 4.78 is 6.10. The van der Waals surface area contributed by atoms with E-state index in [1.165, 1.54) is 11.1 Å². The monoisotopic (exact) mass is 421 g/mol. The zero-order valence-electron chi connectivity index (χ0n) is 20.1. The largest absolute Gasteiger partial charge is 0.440 e. The topological polar surface area (TPSA) is 32.7 Å². The first-order valence-electron chi connectivity index (χ1n) is 10.9. The molecule has 3 heteroatoms. The van der Waals surface area contributed by atoms with Crippen molar-refractivity contribution in [3.63, 3.8) is 0 Å². The van der Waals surface area contributed by atoms with E-state index in [1.54, 1.807) is 0 Å². The molecule has 0 saturated heterocycles. The van der Waals surface area contributed by atoms with Gasteiger partial charge in [0.15, 0.2) is 5.88 Å². The van der Waals surface area contributed by atoms with Gasteiger partial charge < -0.3 is 14.7 Å². The average molecular weight is 422 g/mol. The first-order valence-corrected chi connectivity index (χ1v) is 10.9. The minimum Gasteiger partial charge on any atom is -0.440 e. The minimum atomic E-state index is 0.118. The van der Waals surface area contributed by atoms with Crippen molar-refractivity contribution >= 4 is 5.57 Å². The quantitative estimate of drug-likeness (QED) is 0.557. The van der Waals surface area contributed by atoms with Gasteiger partial charge in [0.25, 0.3) is 0 Å². The number of allylic oxidation sites excluding steroid dienone is 2. The maximum absolute atomic E-state index is 9.21. The van der Waals surface area contributed by atoms with Crippen LogP contribution >= 0.6 is 0 Å². The molecule has 2 aromatic carbocycles. The Balaban J connectivity index is 0.000000681. The molecule has 1 aliphatic rings. The molecule has 1 heterocycles. The fourth-order valence-electron chi connectivity index (χ4n) is 2.95. The Labute approximate surface area is 190 Å². The summed E-state index contributed by atoms with van der Waals surface area (Å²) in [7, 11) is 0. The van der Waals surface area contributed by atoms with Gasteiger partial charge in [-0.15, -0.1) is 12.8 Å². The maximum Gasteiger partial charge on any atom is 0.196 e. The lowest BCUT2D eigenvalue weighted by Gasteiger charge is -2.30. The Hall–Kier alpha value is -2.96. The Morgan fingerprint density at radius 2 is 1.58 bits per heavy atom. The number of aliphatic hydroxyl groups is 1. The van der Waals surface area contributed by atoms with Crippen molar-refractivity contribution in [2.75, 3.05) is 19.7 Å². The summed E-state index contributed by atoms with van der Waals surface area (Å²) in [5.41, 5.74) is 5.69. The third-order valence-corrected chi connectivity index (χ3v) is 4.64. The van der Waals surface area contributed by atoms with Crippen molar-refractivity contribution in [1.29, 1.82) is 0 Å². The highest BCUT2D eigenvalue weighted by Gasteiger charge is 2.21. The standard InChI is InChI=1S/C17H23NO2.C7H8.C2H6.C2H2/c1-5-8-18(9-10-19)16-11-13(3)15-7-6-12(2)14(4)17(15)20-16;1-7-5-3-2-4-6-7;2*1-2/h6-7,11,19H,3,5,8-10H2,1-2,4H3;2-6H,1H3;1-2H3;1-2H. The highest BCUT2D eigenvalue weighted by atomic mass is 16.5. The Morgan fingerprint density at radius 1 is 0.968 bits per heavy atom. The zero-order chi connectivity index (χ0) is 23.8. The van der Waals surface area contributed by atoms with Crippen LogP contribution in [0.3, 0.4) is 0 Å². The molecular weight excluding hydrogens is 382 g/mol. The smallest absolute Gasteiger partial charge is 0.196 e. The van der Waals surface area contributed by atoms with Gasteiger partial charge in [0.1, 0.15) is 5.75 Å². The van der Waals surface area contributed by atoms with Crippen molar-refractivity contribution in [2.24, 2.45) is 0 Å². The van der Waals surface area contributed by atoms with E-state index >= 15 is 0 Å². The molecule has 1 N–H and O–H groups in total. The Kier molecular flexibility index (Phi) is 14.3. The number of hydrogen-bond acceptors (Lipinski definition) is 3. The van der Waals surface area contributed by atoms with Gasteiger partial charge in [0.2, 0.25) is 0 Å². The fraction of sp³-hybridized carbons (Fsp3) is 0.357. The number of hydrogen-bond donors (Lipinski definition) is 1. The van der Waals surface area contributed by atoms with Gasteiger partial charge in [0.05, 0.1) is 6.61 Å². The van der Waals surface area contributed by atoms with E-state index in [0.717, 1.165) is 41.3 Å². The lowest BCUT2D eigenvalue weighted by molar-refractivity contribution is 0.169. The summed E-state index contributed by atoms with van der Waals surface area (Å²) in [6, 6.07) is 14.4. The average Bonchev–Trinajstić information content (AvgIpc) is 2.80. The third kappa shape index (κ3) is 8.74. The van der Waals surface area contributed by atoms with Crippen LogP contribution in [0.1, 0.15) is 49.4 Å². The van der Waals surface area contributed by atoms with Crippen LogP contribution in [0.25, 0.3) is 5.57 Å². The first kappa shape index (κ1) is 28.0. The second kappa shape index (κ2) is 15.8. The number of terminal acetylenes is 1. The van der Waals surface area contributed by atoms with Gasteiger partial charge in [-0.2, -0.15) is 0 Å². The molecule has 2 aromatic rings. The molecule has 31 heavy (non-hydrogen) atoms. The minimum absolute atomic E-state index is 0.118. The van der Waals surface area contributed by atoms with Crippen LogP contribution in [0, 0.1) is 33.6 Å². The molecule has 0 bridgehead atoms. The van der Waals surface area contributed by atoms with E-state index in [-0.39, 0.29) is 6.61 Å². The van der Waals surface area contributed by atoms with Crippen LogP contribution in [0.2, 0.25) is 0 Å². The molecule has 0 spiro atoms. The SMILES string of the molecule is C#C.C=C1C=C(N(CCC)CCO)Oc2c1ccc(C)c2C.CC.Cc1ccccc1. The normalized spacial score (nSPS) is 11.0. The van der Waals surface area contributed by atoms with Gasteiger partial charge in [-0.3, -0.25) is 0 Å². The van der Waals surface area contributed by atoms with Crippen molar-refractivity contribution in [1.82, 2.24) is 4.90 Å². The third-order valence-electron chi connectivity index (χ3n) is 4.64. The fourth-order valence-corrected chi connectivity index (χ4v) is 2.95. The van der Waals surface area contributed by atoms with E-state index < -0.39 is 0 Å². The second-order valence-electron chi connectivity index (χ2n) is 6.86. The molecular formula is C28H39NO2. The van der Waals surface area contributed by atoms with Crippen molar-refractivity contribution in [3.8, 4) is 18.6 Å². The maximum atomic E-state index is 9.21. The van der Waals surface area contributed by atoms with Crippen LogP contribution in [-0.2, 0) is 0 Å². The number of nitrogens with zero attached hydrogens (tertiary/aromatic N) is 1. The number of aliphatic hydroxyl groups excluding tert-OH is 1. The van der Waals surface area contributed by atoms with Gasteiger partial charge in [-0.05, 0) is 43.9 Å². The number of fused-ring (bicyclic) bond motifs is 1. The molecule has 0 saturated carbocycles. The summed E-state index contributed by atoms with van der Waals surface area (Å²) in [6.07, 6.45) is 11.0. The summed E-state index contributed by atoms with van der Waals surface area (Å²) >= 11 is 0. The number of benzene rings is 2. The van der Waals surface area contributed by atoms with Crippen molar-refractivity contribution in [3.05, 3.63) is 83.3 Å². The van der Waals surface area contributed by atoms with Gasteiger partial charge in [0, 0.05) is 24.7 Å². The van der Waals surface area contributed by atoms with Crippen LogP contribution in [-0.4, -0.2) is 29.7 Å². The molecule has 0 unspecified atom stereocenters. The van der Waals surface area contributed by atoms with Crippen molar-refractivity contribution in [2.45, 2.75) is 48.0 Å². The lowest BCUT2D eigenvalue weighted by atomic mass is 9.98. The molecule has 3 rings (SSSR count).